The fourth-order valence-electron chi connectivity index (χ4n) is 5.86. The monoisotopic (exact) mass is 623 g/mol. The summed E-state index contributed by atoms with van der Waals surface area (Å²) in [5.74, 6) is -11.3. The fraction of sp³-hybridized carbons (Fsp3) is 0.370. The summed E-state index contributed by atoms with van der Waals surface area (Å²) in [5.41, 5.74) is -0.940. The number of halogens is 6. The van der Waals surface area contributed by atoms with E-state index in [2.05, 4.69) is 15.4 Å². The first-order chi connectivity index (χ1) is 19.9. The number of aromatic nitrogens is 3. The molecule has 1 spiro atoms. The van der Waals surface area contributed by atoms with Crippen molar-refractivity contribution >= 4 is 45.9 Å². The molecule has 1 saturated carbocycles. The first kappa shape index (κ1) is 27.1. The summed E-state index contributed by atoms with van der Waals surface area (Å²) in [6.07, 6.45) is -0.515. The van der Waals surface area contributed by atoms with Crippen molar-refractivity contribution in [1.29, 1.82) is 0 Å². The van der Waals surface area contributed by atoms with E-state index in [1.54, 1.807) is 24.3 Å². The largest absolute Gasteiger partial charge is 0.419 e. The van der Waals surface area contributed by atoms with Crippen LogP contribution in [0.4, 0.5) is 17.6 Å². The van der Waals surface area contributed by atoms with Crippen LogP contribution in [0.3, 0.4) is 0 Å². The molecule has 2 aromatic heterocycles. The van der Waals surface area contributed by atoms with Crippen molar-refractivity contribution < 1.29 is 36.1 Å². The number of rotatable bonds is 5. The van der Waals surface area contributed by atoms with Crippen LogP contribution in [0.1, 0.15) is 40.2 Å². The second-order valence-electron chi connectivity index (χ2n) is 11.0. The fourth-order valence-corrected chi connectivity index (χ4v) is 6.16. The van der Waals surface area contributed by atoms with Crippen molar-refractivity contribution in [2.24, 2.45) is 11.3 Å². The molecule has 1 aliphatic carbocycles. The highest BCUT2D eigenvalue weighted by Gasteiger charge is 2.66. The lowest BCUT2D eigenvalue weighted by Gasteiger charge is -2.50. The third-order valence-electron chi connectivity index (χ3n) is 8.25. The Morgan fingerprint density at radius 1 is 1.00 bits per heavy atom. The molecule has 0 bridgehead atoms. The minimum atomic E-state index is -3.72. The van der Waals surface area contributed by atoms with Gasteiger partial charge in [-0.15, -0.1) is 10.2 Å². The zero-order valence-corrected chi connectivity index (χ0v) is 22.9. The molecule has 4 heterocycles. The lowest BCUT2D eigenvalue weighted by Crippen LogP contribution is -2.62. The Balaban J connectivity index is 1.19. The van der Waals surface area contributed by atoms with Crippen LogP contribution < -0.4 is 0 Å². The van der Waals surface area contributed by atoms with Crippen LogP contribution in [0.15, 0.2) is 51.4 Å². The predicted molar refractivity (Wildman–Crippen MR) is 138 cm³/mol. The molecule has 2 aromatic carbocycles. The van der Waals surface area contributed by atoms with Crippen molar-refractivity contribution in [2.45, 2.75) is 24.2 Å². The number of likely N-dealkylation sites (tertiary alicyclic amines) is 2. The highest BCUT2D eigenvalue weighted by atomic mass is 35.5. The molecule has 0 radical (unpaired) electrons. The molecule has 15 heteroatoms. The lowest BCUT2D eigenvalue weighted by molar-refractivity contribution is -0.147. The first-order valence-electron chi connectivity index (χ1n) is 12.9. The normalized spacial score (nSPS) is 22.5. The van der Waals surface area contributed by atoms with E-state index in [9.17, 15) is 18.4 Å². The Kier molecular flexibility index (Phi) is 5.91. The molecule has 2 amide bonds. The summed E-state index contributed by atoms with van der Waals surface area (Å²) in [7, 11) is 0. The van der Waals surface area contributed by atoms with Crippen LogP contribution in [0.5, 0.6) is 0 Å². The van der Waals surface area contributed by atoms with E-state index < -0.39 is 58.8 Å². The maximum atomic E-state index is 15.4. The zero-order chi connectivity index (χ0) is 29.6. The molecule has 3 fully saturated rings. The van der Waals surface area contributed by atoms with Crippen molar-refractivity contribution in [1.82, 2.24) is 25.2 Å². The number of amides is 2. The summed E-state index contributed by atoms with van der Waals surface area (Å²) < 4.78 is 68.8. The first-order valence-corrected chi connectivity index (χ1v) is 13.6. The molecule has 218 valence electrons. The van der Waals surface area contributed by atoms with E-state index >= 15 is 8.78 Å². The zero-order valence-electron chi connectivity index (χ0n) is 21.4. The number of hydrogen-bond donors (Lipinski definition) is 0. The summed E-state index contributed by atoms with van der Waals surface area (Å²) in [6.45, 7) is 0.0442. The van der Waals surface area contributed by atoms with Crippen LogP contribution in [-0.2, 0) is 10.7 Å². The summed E-state index contributed by atoms with van der Waals surface area (Å²) in [6, 6.07) is 10.1. The molecule has 2 aliphatic heterocycles. The van der Waals surface area contributed by atoms with Crippen LogP contribution in [0, 0.1) is 11.3 Å². The van der Waals surface area contributed by atoms with E-state index in [4.69, 9.17) is 32.1 Å². The van der Waals surface area contributed by atoms with Crippen molar-refractivity contribution in [3.05, 3.63) is 75.6 Å². The van der Waals surface area contributed by atoms with Crippen molar-refractivity contribution in [3.8, 4) is 0 Å². The van der Waals surface area contributed by atoms with Crippen molar-refractivity contribution in [2.75, 3.05) is 26.2 Å². The second kappa shape index (κ2) is 9.14. The summed E-state index contributed by atoms with van der Waals surface area (Å²) in [4.78, 5) is 28.9. The minimum absolute atomic E-state index is 0.00487. The van der Waals surface area contributed by atoms with Gasteiger partial charge in [-0.2, -0.15) is 8.78 Å². The number of nitrogens with zero attached hydrogens (tertiary/aromatic N) is 5. The van der Waals surface area contributed by atoms with Gasteiger partial charge in [-0.25, -0.2) is 8.78 Å². The van der Waals surface area contributed by atoms with Gasteiger partial charge in [-0.05, 0) is 24.3 Å². The average molecular weight is 624 g/mol. The van der Waals surface area contributed by atoms with Gasteiger partial charge in [0.1, 0.15) is 11.4 Å². The third-order valence-corrected chi connectivity index (χ3v) is 8.99. The Bertz CT molecular complexity index is 1750. The van der Waals surface area contributed by atoms with Crippen LogP contribution in [0.25, 0.3) is 10.9 Å². The Labute approximate surface area is 244 Å². The van der Waals surface area contributed by atoms with Gasteiger partial charge in [0.15, 0.2) is 0 Å². The van der Waals surface area contributed by atoms with Gasteiger partial charge in [0.25, 0.3) is 17.7 Å². The Morgan fingerprint density at radius 3 is 2.43 bits per heavy atom. The molecule has 9 nitrogen and oxygen atoms in total. The van der Waals surface area contributed by atoms with E-state index in [0.717, 1.165) is 12.1 Å². The highest BCUT2D eigenvalue weighted by Crippen LogP contribution is 2.54. The van der Waals surface area contributed by atoms with E-state index in [1.807, 2.05) is 0 Å². The number of carbonyl (C=O) groups excluding carboxylic acids is 2. The standard InChI is InChI=1S/C27H19Cl2F4N5O4/c28-17-6-5-13(7-18(17)29)27(32,33)24-35-34-21(41-24)16-9-37(23(40)20-14-3-1-2-4-19(14)36-42-20)10-25(16)11-38(12-25)22(39)15-8-26(15,30)31/h1-7,15-16H,8-12H2/t15-,16?/m1/s1. The highest BCUT2D eigenvalue weighted by molar-refractivity contribution is 6.42. The van der Waals surface area contributed by atoms with Crippen LogP contribution >= 0.6 is 23.2 Å². The molecule has 7 rings (SSSR count). The Morgan fingerprint density at radius 2 is 1.71 bits per heavy atom. The van der Waals surface area contributed by atoms with Gasteiger partial charge in [0, 0.05) is 43.6 Å². The van der Waals surface area contributed by atoms with Gasteiger partial charge in [0.05, 0.1) is 21.3 Å². The van der Waals surface area contributed by atoms with E-state index in [0.29, 0.717) is 10.9 Å². The van der Waals surface area contributed by atoms with Crippen molar-refractivity contribution in [3.63, 3.8) is 0 Å². The van der Waals surface area contributed by atoms with E-state index in [-0.39, 0.29) is 47.9 Å². The predicted octanol–water partition coefficient (Wildman–Crippen LogP) is 5.38. The summed E-state index contributed by atoms with van der Waals surface area (Å²) >= 11 is 11.8. The summed E-state index contributed by atoms with van der Waals surface area (Å²) in [5, 5.41) is 11.9. The van der Waals surface area contributed by atoms with E-state index in [1.165, 1.54) is 15.9 Å². The molecule has 3 aliphatic rings. The molecular formula is C27H19Cl2F4N5O4. The average Bonchev–Trinajstić information content (AvgIpc) is 3.40. The molecule has 42 heavy (non-hydrogen) atoms. The number of alkyl halides is 4. The minimum Gasteiger partial charge on any atom is -0.419 e. The smallest absolute Gasteiger partial charge is 0.349 e. The van der Waals surface area contributed by atoms with Crippen LogP contribution in [0.2, 0.25) is 10.0 Å². The van der Waals surface area contributed by atoms with Gasteiger partial charge in [-0.1, -0.05) is 46.6 Å². The quantitative estimate of drug-likeness (QED) is 0.275. The van der Waals surface area contributed by atoms with Crippen LogP contribution in [-0.4, -0.2) is 69.1 Å². The topological polar surface area (TPSA) is 106 Å². The Hall–Kier alpha value is -3.71. The molecule has 0 N–H and O–H groups in total. The van der Waals surface area contributed by atoms with Gasteiger partial charge < -0.3 is 18.7 Å². The molecule has 2 atom stereocenters. The third kappa shape index (κ3) is 4.16. The second-order valence-corrected chi connectivity index (χ2v) is 11.8. The SMILES string of the molecule is O=C(c1onc2ccccc12)N1CC(c2nnc(C(F)(F)c3ccc(Cl)c(Cl)c3)o2)C2(C1)CN(C(=O)[C@H]1CC1(F)F)C2. The molecule has 4 aromatic rings. The van der Waals surface area contributed by atoms with Gasteiger partial charge in [0.2, 0.25) is 17.6 Å². The molecule has 1 unspecified atom stereocenters. The number of fused-ring (bicyclic) bond motifs is 1. The maximum Gasteiger partial charge on any atom is 0.349 e. The maximum absolute atomic E-state index is 15.4. The molecular weight excluding hydrogens is 605 g/mol. The number of hydrogen-bond acceptors (Lipinski definition) is 7. The number of carbonyl (C=O) groups is 2. The number of benzene rings is 2. The van der Waals surface area contributed by atoms with Gasteiger partial charge in [-0.3, -0.25) is 9.59 Å². The lowest BCUT2D eigenvalue weighted by atomic mass is 9.71. The molecule has 2 saturated heterocycles. The van der Waals surface area contributed by atoms with Gasteiger partial charge >= 0.3 is 5.92 Å².